The molecule has 0 radical (unpaired) electrons. The summed E-state index contributed by atoms with van der Waals surface area (Å²) in [6, 6.07) is 9.64. The average Bonchev–Trinajstić information content (AvgIpc) is 2.39. The first kappa shape index (κ1) is 12.2. The number of rotatable bonds is 3. The van der Waals surface area contributed by atoms with Crippen LogP contribution in [0.25, 0.3) is 0 Å². The van der Waals surface area contributed by atoms with E-state index in [-0.39, 0.29) is 16.9 Å². The monoisotopic (exact) mass is 248 g/mol. The summed E-state index contributed by atoms with van der Waals surface area (Å²) >= 11 is 0. The van der Waals surface area contributed by atoms with Gasteiger partial charge in [0, 0.05) is 0 Å². The topological polar surface area (TPSA) is 26.3 Å². The van der Waals surface area contributed by atoms with Gasteiger partial charge >= 0.3 is 0 Å². The molecule has 0 aliphatic carbocycles. The van der Waals surface area contributed by atoms with Crippen LogP contribution in [-0.4, -0.2) is 12.9 Å². The summed E-state index contributed by atoms with van der Waals surface area (Å²) in [4.78, 5) is 12.0. The Bertz CT molecular complexity index is 594. The van der Waals surface area contributed by atoms with E-state index in [9.17, 15) is 13.6 Å². The molecular weight excluding hydrogens is 238 g/mol. The molecule has 0 heterocycles. The smallest absolute Gasteiger partial charge is 0.199 e. The second-order valence-electron chi connectivity index (χ2n) is 3.63. The molecule has 2 aromatic rings. The van der Waals surface area contributed by atoms with E-state index in [1.807, 2.05) is 0 Å². The zero-order chi connectivity index (χ0) is 13.1. The first-order chi connectivity index (χ1) is 8.65. The molecule has 0 amide bonds. The zero-order valence-corrected chi connectivity index (χ0v) is 9.61. The maximum absolute atomic E-state index is 13.9. The Morgan fingerprint density at radius 3 is 2.33 bits per heavy atom. The maximum Gasteiger partial charge on any atom is 0.199 e. The molecule has 0 aliphatic rings. The summed E-state index contributed by atoms with van der Waals surface area (Å²) in [6.45, 7) is 0. The van der Waals surface area contributed by atoms with Crippen LogP contribution in [0.2, 0.25) is 0 Å². The normalized spacial score (nSPS) is 10.2. The van der Waals surface area contributed by atoms with E-state index in [1.165, 1.54) is 43.5 Å². The van der Waals surface area contributed by atoms with Gasteiger partial charge in [-0.3, -0.25) is 4.79 Å². The molecule has 2 nitrogen and oxygen atoms in total. The van der Waals surface area contributed by atoms with Crippen molar-refractivity contribution in [1.82, 2.24) is 0 Å². The van der Waals surface area contributed by atoms with Gasteiger partial charge in [-0.1, -0.05) is 18.2 Å². The second kappa shape index (κ2) is 4.96. The molecule has 2 aromatic carbocycles. The van der Waals surface area contributed by atoms with Gasteiger partial charge < -0.3 is 4.74 Å². The van der Waals surface area contributed by atoms with Crippen molar-refractivity contribution >= 4 is 5.78 Å². The minimum absolute atomic E-state index is 0.0443. The minimum atomic E-state index is -0.784. The second-order valence-corrected chi connectivity index (χ2v) is 3.63. The molecule has 92 valence electrons. The third kappa shape index (κ3) is 2.09. The van der Waals surface area contributed by atoms with Crippen LogP contribution in [0, 0.1) is 11.6 Å². The molecule has 0 unspecified atom stereocenters. The fourth-order valence-electron chi connectivity index (χ4n) is 1.63. The Kier molecular flexibility index (Phi) is 3.37. The predicted octanol–water partition coefficient (Wildman–Crippen LogP) is 3.20. The molecule has 0 saturated carbocycles. The number of methoxy groups -OCH3 is 1. The number of halogens is 2. The molecule has 0 aliphatic heterocycles. The van der Waals surface area contributed by atoms with Gasteiger partial charge in [0.2, 0.25) is 0 Å². The van der Waals surface area contributed by atoms with Gasteiger partial charge in [0.25, 0.3) is 0 Å². The molecule has 18 heavy (non-hydrogen) atoms. The van der Waals surface area contributed by atoms with Gasteiger partial charge in [-0.15, -0.1) is 0 Å². The van der Waals surface area contributed by atoms with Crippen LogP contribution in [0.1, 0.15) is 15.9 Å². The van der Waals surface area contributed by atoms with Gasteiger partial charge in [0.1, 0.15) is 5.82 Å². The lowest BCUT2D eigenvalue weighted by Gasteiger charge is -2.07. The standard InChI is InChI=1S/C14H10F2O2/c1-18-12-8-4-6-10(13(12)16)14(17)9-5-2-3-7-11(9)15/h2-8H,1H3. The van der Waals surface area contributed by atoms with Crippen molar-refractivity contribution in [2.45, 2.75) is 0 Å². The summed E-state index contributed by atoms with van der Waals surface area (Å²) in [6.07, 6.45) is 0. The predicted molar refractivity (Wildman–Crippen MR) is 62.8 cm³/mol. The van der Waals surface area contributed by atoms with Crippen LogP contribution in [0.4, 0.5) is 8.78 Å². The number of ether oxygens (including phenoxy) is 1. The van der Waals surface area contributed by atoms with E-state index in [2.05, 4.69) is 0 Å². The Balaban J connectivity index is 2.50. The lowest BCUT2D eigenvalue weighted by molar-refractivity contribution is 0.103. The summed E-state index contributed by atoms with van der Waals surface area (Å²) in [5, 5.41) is 0. The Labute approximate surface area is 103 Å². The van der Waals surface area contributed by atoms with Crippen LogP contribution in [0.15, 0.2) is 42.5 Å². The highest BCUT2D eigenvalue weighted by atomic mass is 19.1. The number of benzene rings is 2. The highest BCUT2D eigenvalue weighted by molar-refractivity contribution is 6.09. The van der Waals surface area contributed by atoms with Crippen LogP contribution < -0.4 is 4.74 Å². The molecular formula is C14H10F2O2. The summed E-state index contributed by atoms with van der Waals surface area (Å²) < 4.78 is 32.1. The average molecular weight is 248 g/mol. The van der Waals surface area contributed by atoms with Crippen LogP contribution in [-0.2, 0) is 0 Å². The van der Waals surface area contributed by atoms with E-state index in [1.54, 1.807) is 0 Å². The highest BCUT2D eigenvalue weighted by Gasteiger charge is 2.19. The molecule has 0 spiro atoms. The number of carbonyl (C=O) groups is 1. The zero-order valence-electron chi connectivity index (χ0n) is 9.61. The number of carbonyl (C=O) groups excluding carboxylic acids is 1. The van der Waals surface area contributed by atoms with Crippen molar-refractivity contribution in [2.75, 3.05) is 7.11 Å². The lowest BCUT2D eigenvalue weighted by Crippen LogP contribution is -2.07. The first-order valence-electron chi connectivity index (χ1n) is 5.27. The maximum atomic E-state index is 13.9. The summed E-state index contributed by atoms with van der Waals surface area (Å²) in [5.74, 6) is -2.21. The Morgan fingerprint density at radius 1 is 1.00 bits per heavy atom. The van der Waals surface area contributed by atoms with Crippen molar-refractivity contribution in [3.05, 3.63) is 65.2 Å². The Morgan fingerprint density at radius 2 is 1.67 bits per heavy atom. The molecule has 0 atom stereocenters. The van der Waals surface area contributed by atoms with Crippen LogP contribution in [0.5, 0.6) is 5.75 Å². The highest BCUT2D eigenvalue weighted by Crippen LogP contribution is 2.23. The van der Waals surface area contributed by atoms with E-state index >= 15 is 0 Å². The van der Waals surface area contributed by atoms with Crippen LogP contribution >= 0.6 is 0 Å². The first-order valence-corrected chi connectivity index (χ1v) is 5.27. The molecule has 4 heteroatoms. The SMILES string of the molecule is COc1cccc(C(=O)c2ccccc2F)c1F. The van der Waals surface area contributed by atoms with Crippen molar-refractivity contribution in [3.8, 4) is 5.75 Å². The number of ketones is 1. The molecule has 0 aromatic heterocycles. The third-order valence-corrected chi connectivity index (χ3v) is 2.55. The van der Waals surface area contributed by atoms with Gasteiger partial charge in [-0.2, -0.15) is 0 Å². The third-order valence-electron chi connectivity index (χ3n) is 2.55. The van der Waals surface area contributed by atoms with Crippen molar-refractivity contribution < 1.29 is 18.3 Å². The number of hydrogen-bond donors (Lipinski definition) is 0. The van der Waals surface area contributed by atoms with Gasteiger partial charge in [0.15, 0.2) is 17.3 Å². The fraction of sp³-hybridized carbons (Fsp3) is 0.0714. The van der Waals surface area contributed by atoms with Crippen molar-refractivity contribution in [3.63, 3.8) is 0 Å². The summed E-state index contributed by atoms with van der Waals surface area (Å²) in [5.41, 5.74) is -0.371. The van der Waals surface area contributed by atoms with E-state index in [4.69, 9.17) is 4.74 Å². The van der Waals surface area contributed by atoms with Gasteiger partial charge in [-0.25, -0.2) is 8.78 Å². The number of hydrogen-bond acceptors (Lipinski definition) is 2. The Hall–Kier alpha value is -2.23. The van der Waals surface area contributed by atoms with Gasteiger partial charge in [0.05, 0.1) is 18.2 Å². The minimum Gasteiger partial charge on any atom is -0.494 e. The van der Waals surface area contributed by atoms with Crippen LogP contribution in [0.3, 0.4) is 0 Å². The van der Waals surface area contributed by atoms with Crippen molar-refractivity contribution in [2.24, 2.45) is 0 Å². The summed E-state index contributed by atoms with van der Waals surface area (Å²) in [7, 11) is 1.30. The van der Waals surface area contributed by atoms with E-state index < -0.39 is 17.4 Å². The lowest BCUT2D eigenvalue weighted by atomic mass is 10.0. The molecule has 0 fully saturated rings. The van der Waals surface area contributed by atoms with E-state index in [0.29, 0.717) is 0 Å². The molecule has 2 rings (SSSR count). The molecule has 0 saturated heterocycles. The molecule has 0 bridgehead atoms. The van der Waals surface area contributed by atoms with Gasteiger partial charge in [-0.05, 0) is 24.3 Å². The fourth-order valence-corrected chi connectivity index (χ4v) is 1.63. The molecule has 0 N–H and O–H groups in total. The van der Waals surface area contributed by atoms with Crippen molar-refractivity contribution in [1.29, 1.82) is 0 Å². The van der Waals surface area contributed by atoms with E-state index in [0.717, 1.165) is 6.07 Å². The largest absolute Gasteiger partial charge is 0.494 e. The quantitative estimate of drug-likeness (QED) is 0.780.